The van der Waals surface area contributed by atoms with E-state index < -0.39 is 0 Å². The van der Waals surface area contributed by atoms with Crippen LogP contribution in [0.15, 0.2) is 18.2 Å². The molecule has 0 aliphatic heterocycles. The van der Waals surface area contributed by atoms with Gasteiger partial charge in [0.2, 0.25) is 0 Å². The van der Waals surface area contributed by atoms with Gasteiger partial charge in [0.25, 0.3) is 0 Å². The Hall–Kier alpha value is -1.31. The van der Waals surface area contributed by atoms with Crippen LogP contribution in [-0.4, -0.2) is 11.4 Å². The van der Waals surface area contributed by atoms with E-state index in [0.717, 1.165) is 24.7 Å². The fourth-order valence-electron chi connectivity index (χ4n) is 2.49. The molecule has 2 nitrogen and oxygen atoms in total. The van der Waals surface area contributed by atoms with Crippen molar-refractivity contribution in [3.05, 3.63) is 29.3 Å². The fourth-order valence-corrected chi connectivity index (χ4v) is 2.49. The van der Waals surface area contributed by atoms with E-state index in [9.17, 15) is 9.90 Å². The van der Waals surface area contributed by atoms with Crippen molar-refractivity contribution in [3.63, 3.8) is 0 Å². The van der Waals surface area contributed by atoms with E-state index in [1.54, 1.807) is 6.07 Å². The molecule has 0 aliphatic rings. The third-order valence-electron chi connectivity index (χ3n) is 3.38. The van der Waals surface area contributed by atoms with Crippen LogP contribution in [0.1, 0.15) is 76.2 Å². The number of phenolic OH excluding ortho intramolecular Hbond substituents is 1. The molecule has 0 aromatic heterocycles. The quantitative estimate of drug-likeness (QED) is 0.680. The van der Waals surface area contributed by atoms with Gasteiger partial charge >= 0.3 is 0 Å². The van der Waals surface area contributed by atoms with Crippen LogP contribution in [0.2, 0.25) is 0 Å². The largest absolute Gasteiger partial charge is 0.508 e. The Balaban J connectivity index is 0.00000172. The lowest BCUT2D eigenvalue weighted by atomic mass is 9.82. The second-order valence-electron chi connectivity index (χ2n) is 5.82. The highest BCUT2D eigenvalue weighted by Crippen LogP contribution is 2.29. The van der Waals surface area contributed by atoms with Crippen LogP contribution in [0, 0.1) is 5.41 Å². The third-order valence-corrected chi connectivity index (χ3v) is 3.38. The number of benzene rings is 1. The molecule has 1 rings (SSSR count). The maximum absolute atomic E-state index is 10.7. The number of aromatic hydroxyl groups is 1. The fraction of sp³-hybridized carbons (Fsp3) is 0.611. The molecule has 0 spiro atoms. The minimum Gasteiger partial charge on any atom is -0.508 e. The molecule has 0 fully saturated rings. The van der Waals surface area contributed by atoms with Crippen LogP contribution in [0.5, 0.6) is 5.75 Å². The molecule has 0 aliphatic carbocycles. The zero-order valence-corrected chi connectivity index (χ0v) is 13.7. The van der Waals surface area contributed by atoms with Crippen LogP contribution in [0.4, 0.5) is 0 Å². The summed E-state index contributed by atoms with van der Waals surface area (Å²) in [7, 11) is 0. The van der Waals surface area contributed by atoms with E-state index in [-0.39, 0.29) is 5.75 Å². The number of aryl methyl sites for hydroxylation is 1. The van der Waals surface area contributed by atoms with E-state index in [0.29, 0.717) is 11.0 Å². The first-order valence-electron chi connectivity index (χ1n) is 7.75. The van der Waals surface area contributed by atoms with Gasteiger partial charge in [0.15, 0.2) is 0 Å². The standard InChI is InChI=1S/C16H24O2.C2H6/c1-4-7-16(2,3)8-5-6-13-9-14(12-17)11-15(18)10-13;1-2/h9-12,18H,4-8H2,1-3H3;1-2H3. The first-order chi connectivity index (χ1) is 9.46. The van der Waals surface area contributed by atoms with Gasteiger partial charge in [-0.1, -0.05) is 41.0 Å². The zero-order valence-electron chi connectivity index (χ0n) is 13.7. The smallest absolute Gasteiger partial charge is 0.150 e. The molecular weight excluding hydrogens is 248 g/mol. The highest BCUT2D eigenvalue weighted by atomic mass is 16.3. The number of hydrogen-bond acceptors (Lipinski definition) is 2. The van der Waals surface area contributed by atoms with E-state index in [1.165, 1.54) is 25.3 Å². The number of aldehydes is 1. The molecule has 0 amide bonds. The van der Waals surface area contributed by atoms with Crippen LogP contribution in [0.25, 0.3) is 0 Å². The van der Waals surface area contributed by atoms with Gasteiger partial charge in [0.05, 0.1) is 0 Å². The Morgan fingerprint density at radius 3 is 2.35 bits per heavy atom. The molecule has 1 N–H and O–H groups in total. The number of carbonyl (C=O) groups excluding carboxylic acids is 1. The minimum absolute atomic E-state index is 0.183. The van der Waals surface area contributed by atoms with Crippen LogP contribution in [0.3, 0.4) is 0 Å². The number of carbonyl (C=O) groups is 1. The summed E-state index contributed by atoms with van der Waals surface area (Å²) in [5.41, 5.74) is 1.99. The zero-order chi connectivity index (χ0) is 15.6. The molecule has 1 aromatic carbocycles. The Labute approximate surface area is 124 Å². The second-order valence-corrected chi connectivity index (χ2v) is 5.82. The molecule has 0 heterocycles. The van der Waals surface area contributed by atoms with Gasteiger partial charge in [-0.05, 0) is 54.9 Å². The first-order valence-corrected chi connectivity index (χ1v) is 7.75. The predicted octanol–water partition coefficient (Wildman–Crippen LogP) is 5.38. The summed E-state index contributed by atoms with van der Waals surface area (Å²) in [4.78, 5) is 10.7. The van der Waals surface area contributed by atoms with Crippen LogP contribution >= 0.6 is 0 Å². The Morgan fingerprint density at radius 1 is 1.15 bits per heavy atom. The van der Waals surface area contributed by atoms with Crippen molar-refractivity contribution in [3.8, 4) is 5.75 Å². The maximum Gasteiger partial charge on any atom is 0.150 e. The van der Waals surface area contributed by atoms with Crippen molar-refractivity contribution >= 4 is 6.29 Å². The van der Waals surface area contributed by atoms with Gasteiger partial charge in [-0.15, -0.1) is 0 Å². The van der Waals surface area contributed by atoms with E-state index in [2.05, 4.69) is 20.8 Å². The molecular formula is C18H30O2. The average Bonchev–Trinajstić information content (AvgIpc) is 2.40. The minimum atomic E-state index is 0.183. The molecule has 0 bridgehead atoms. The number of hydrogen-bond donors (Lipinski definition) is 1. The maximum atomic E-state index is 10.7. The topological polar surface area (TPSA) is 37.3 Å². The summed E-state index contributed by atoms with van der Waals surface area (Å²) in [6.07, 6.45) is 6.43. The molecule has 20 heavy (non-hydrogen) atoms. The summed E-state index contributed by atoms with van der Waals surface area (Å²) < 4.78 is 0. The van der Waals surface area contributed by atoms with E-state index in [4.69, 9.17) is 0 Å². The monoisotopic (exact) mass is 278 g/mol. The molecule has 0 radical (unpaired) electrons. The first kappa shape index (κ1) is 18.7. The summed E-state index contributed by atoms with van der Waals surface area (Å²) >= 11 is 0. The van der Waals surface area contributed by atoms with Crippen molar-refractivity contribution in [2.24, 2.45) is 5.41 Å². The van der Waals surface area contributed by atoms with E-state index >= 15 is 0 Å². The highest BCUT2D eigenvalue weighted by molar-refractivity contribution is 5.75. The van der Waals surface area contributed by atoms with Gasteiger partial charge in [0, 0.05) is 5.56 Å². The number of rotatable bonds is 7. The highest BCUT2D eigenvalue weighted by Gasteiger charge is 2.15. The summed E-state index contributed by atoms with van der Waals surface area (Å²) in [5, 5.41) is 9.51. The lowest BCUT2D eigenvalue weighted by Gasteiger charge is -2.23. The summed E-state index contributed by atoms with van der Waals surface area (Å²) in [6, 6.07) is 5.11. The second kappa shape index (κ2) is 9.57. The average molecular weight is 278 g/mol. The predicted molar refractivity (Wildman–Crippen MR) is 86.5 cm³/mol. The van der Waals surface area contributed by atoms with Crippen LogP contribution in [-0.2, 0) is 6.42 Å². The number of phenols is 1. The van der Waals surface area contributed by atoms with Crippen molar-refractivity contribution in [1.82, 2.24) is 0 Å². The molecule has 2 heteroatoms. The Morgan fingerprint density at radius 2 is 1.80 bits per heavy atom. The Bertz CT molecular complexity index is 394. The van der Waals surface area contributed by atoms with Crippen molar-refractivity contribution in [2.75, 3.05) is 0 Å². The third kappa shape index (κ3) is 7.32. The molecule has 114 valence electrons. The van der Waals surface area contributed by atoms with Gasteiger partial charge < -0.3 is 5.11 Å². The molecule has 0 saturated carbocycles. The van der Waals surface area contributed by atoms with Crippen molar-refractivity contribution in [2.45, 2.75) is 66.7 Å². The van der Waals surface area contributed by atoms with Crippen LogP contribution < -0.4 is 0 Å². The van der Waals surface area contributed by atoms with Gasteiger partial charge in [-0.2, -0.15) is 0 Å². The summed E-state index contributed by atoms with van der Waals surface area (Å²) in [5.74, 6) is 0.183. The Kier molecular flexibility index (Phi) is 8.94. The molecule has 0 atom stereocenters. The van der Waals surface area contributed by atoms with Crippen molar-refractivity contribution in [1.29, 1.82) is 0 Å². The van der Waals surface area contributed by atoms with Gasteiger partial charge in [-0.25, -0.2) is 0 Å². The summed E-state index contributed by atoms with van der Waals surface area (Å²) in [6.45, 7) is 10.8. The molecule has 1 aromatic rings. The van der Waals surface area contributed by atoms with Gasteiger partial charge in [-0.3, -0.25) is 4.79 Å². The molecule has 0 unspecified atom stereocenters. The lowest BCUT2D eigenvalue weighted by molar-refractivity contribution is 0.112. The van der Waals surface area contributed by atoms with Gasteiger partial charge in [0.1, 0.15) is 12.0 Å². The van der Waals surface area contributed by atoms with Crippen molar-refractivity contribution < 1.29 is 9.90 Å². The van der Waals surface area contributed by atoms with E-state index in [1.807, 2.05) is 19.9 Å². The normalized spacial score (nSPS) is 10.7. The SMILES string of the molecule is CC.CCCC(C)(C)CCCc1cc(O)cc(C=O)c1. The molecule has 0 saturated heterocycles. The lowest BCUT2D eigenvalue weighted by Crippen LogP contribution is -2.10.